The number of hydrogen-bond donors (Lipinski definition) is 2. The van der Waals surface area contributed by atoms with E-state index in [1.54, 1.807) is 0 Å². The van der Waals surface area contributed by atoms with Crippen molar-refractivity contribution in [1.82, 2.24) is 5.32 Å². The number of benzene rings is 1. The molecule has 1 aliphatic rings. The lowest BCUT2D eigenvalue weighted by atomic mass is 10.1. The Labute approximate surface area is 104 Å². The summed E-state index contributed by atoms with van der Waals surface area (Å²) in [5.74, 6) is -1.81. The van der Waals surface area contributed by atoms with Crippen LogP contribution in [0.15, 0.2) is 18.2 Å². The summed E-state index contributed by atoms with van der Waals surface area (Å²) in [5, 5.41) is 12.3. The Hall–Kier alpha value is -1.05. The summed E-state index contributed by atoms with van der Waals surface area (Å²) in [5.41, 5.74) is 0.230. The van der Waals surface area contributed by atoms with Crippen molar-refractivity contribution in [1.29, 1.82) is 0 Å². The van der Waals surface area contributed by atoms with Crippen molar-refractivity contribution < 1.29 is 22.3 Å². The van der Waals surface area contributed by atoms with Gasteiger partial charge in [0.05, 0.1) is 17.6 Å². The Morgan fingerprint density at radius 1 is 1.33 bits per heavy atom. The van der Waals surface area contributed by atoms with Gasteiger partial charge in [0.2, 0.25) is 0 Å². The van der Waals surface area contributed by atoms with Crippen LogP contribution in [0.25, 0.3) is 0 Å². The monoisotopic (exact) mass is 277 g/mol. The zero-order valence-corrected chi connectivity index (χ0v) is 10.3. The van der Waals surface area contributed by atoms with Crippen LogP contribution >= 0.6 is 0 Å². The summed E-state index contributed by atoms with van der Waals surface area (Å²) >= 11 is 0. The smallest absolute Gasteiger partial charge is 0.154 e. The number of rotatable bonds is 3. The molecule has 0 aliphatic carbocycles. The van der Waals surface area contributed by atoms with Crippen molar-refractivity contribution in [3.63, 3.8) is 0 Å². The summed E-state index contributed by atoms with van der Waals surface area (Å²) in [6.45, 7) is 0.0450. The number of halogens is 2. The molecular formula is C11H13F2NO3S. The molecule has 0 bridgehead atoms. The van der Waals surface area contributed by atoms with Crippen LogP contribution in [0.5, 0.6) is 0 Å². The van der Waals surface area contributed by atoms with E-state index in [1.165, 1.54) is 6.07 Å². The van der Waals surface area contributed by atoms with Crippen molar-refractivity contribution >= 4 is 9.84 Å². The van der Waals surface area contributed by atoms with E-state index in [1.807, 2.05) is 0 Å². The van der Waals surface area contributed by atoms with E-state index < -0.39 is 33.6 Å². The second kappa shape index (κ2) is 4.91. The maximum absolute atomic E-state index is 13.3. The number of nitrogens with one attached hydrogen (secondary N) is 1. The van der Waals surface area contributed by atoms with E-state index in [9.17, 15) is 22.3 Å². The summed E-state index contributed by atoms with van der Waals surface area (Å²) in [7, 11) is -3.23. The Morgan fingerprint density at radius 2 is 2.06 bits per heavy atom. The third kappa shape index (κ3) is 3.04. The Balaban J connectivity index is 2.00. The van der Waals surface area contributed by atoms with Crippen LogP contribution in [0.3, 0.4) is 0 Å². The van der Waals surface area contributed by atoms with Crippen LogP contribution in [0.1, 0.15) is 5.56 Å². The first kappa shape index (κ1) is 13.4. The molecule has 1 heterocycles. The highest BCUT2D eigenvalue weighted by molar-refractivity contribution is 7.91. The average molecular weight is 277 g/mol. The molecule has 0 radical (unpaired) electrons. The van der Waals surface area contributed by atoms with E-state index in [2.05, 4.69) is 5.32 Å². The topological polar surface area (TPSA) is 66.4 Å². The Bertz CT molecular complexity index is 547. The van der Waals surface area contributed by atoms with Gasteiger partial charge in [-0.3, -0.25) is 0 Å². The van der Waals surface area contributed by atoms with Gasteiger partial charge in [0.1, 0.15) is 11.6 Å². The van der Waals surface area contributed by atoms with Gasteiger partial charge in [-0.15, -0.1) is 0 Å². The van der Waals surface area contributed by atoms with Gasteiger partial charge < -0.3 is 10.4 Å². The zero-order chi connectivity index (χ0) is 13.3. The van der Waals surface area contributed by atoms with Crippen LogP contribution in [-0.4, -0.2) is 37.2 Å². The zero-order valence-electron chi connectivity index (χ0n) is 9.44. The molecule has 0 saturated carbocycles. The molecule has 0 amide bonds. The molecule has 18 heavy (non-hydrogen) atoms. The Kier molecular flexibility index (Phi) is 3.65. The maximum Gasteiger partial charge on any atom is 0.154 e. The molecule has 0 spiro atoms. The number of aliphatic hydroxyl groups is 1. The molecule has 100 valence electrons. The molecule has 0 aromatic heterocycles. The minimum Gasteiger partial charge on any atom is -0.390 e. The van der Waals surface area contributed by atoms with Gasteiger partial charge in [-0.1, -0.05) is 6.07 Å². The molecule has 1 saturated heterocycles. The lowest BCUT2D eigenvalue weighted by Crippen LogP contribution is -2.38. The van der Waals surface area contributed by atoms with Crippen molar-refractivity contribution in [2.75, 3.05) is 11.5 Å². The van der Waals surface area contributed by atoms with E-state index in [-0.39, 0.29) is 23.6 Å². The van der Waals surface area contributed by atoms with Gasteiger partial charge in [-0.25, -0.2) is 17.2 Å². The first-order valence-electron chi connectivity index (χ1n) is 5.43. The highest BCUT2D eigenvalue weighted by Crippen LogP contribution is 2.14. The number of aliphatic hydroxyl groups excluding tert-OH is 1. The fourth-order valence-electron chi connectivity index (χ4n) is 1.93. The van der Waals surface area contributed by atoms with Crippen LogP contribution in [0.2, 0.25) is 0 Å². The molecule has 7 heteroatoms. The van der Waals surface area contributed by atoms with Gasteiger partial charge in [0.15, 0.2) is 9.84 Å². The molecule has 2 N–H and O–H groups in total. The first-order chi connectivity index (χ1) is 8.37. The van der Waals surface area contributed by atoms with Gasteiger partial charge in [-0.2, -0.15) is 0 Å². The molecule has 2 rings (SSSR count). The van der Waals surface area contributed by atoms with Crippen LogP contribution in [0, 0.1) is 11.6 Å². The normalized spacial score (nSPS) is 26.4. The van der Waals surface area contributed by atoms with Gasteiger partial charge >= 0.3 is 0 Å². The SMILES string of the molecule is O=S1(=O)CC(O)C(NCc2ccc(F)cc2F)C1. The largest absolute Gasteiger partial charge is 0.390 e. The van der Waals surface area contributed by atoms with Crippen molar-refractivity contribution in [3.8, 4) is 0 Å². The predicted molar refractivity (Wildman–Crippen MR) is 61.6 cm³/mol. The molecule has 2 unspecified atom stereocenters. The van der Waals surface area contributed by atoms with E-state index in [4.69, 9.17) is 0 Å². The van der Waals surface area contributed by atoms with E-state index in [0.29, 0.717) is 0 Å². The fourth-order valence-corrected chi connectivity index (χ4v) is 3.71. The summed E-state index contributed by atoms with van der Waals surface area (Å²) < 4.78 is 48.5. The van der Waals surface area contributed by atoms with Crippen LogP contribution in [0.4, 0.5) is 8.78 Å². The lowest BCUT2D eigenvalue weighted by Gasteiger charge is -2.15. The highest BCUT2D eigenvalue weighted by Gasteiger charge is 2.35. The van der Waals surface area contributed by atoms with Crippen molar-refractivity contribution in [2.45, 2.75) is 18.7 Å². The summed E-state index contributed by atoms with van der Waals surface area (Å²) in [6.07, 6.45) is -0.987. The van der Waals surface area contributed by atoms with Gasteiger partial charge in [0.25, 0.3) is 0 Å². The molecular weight excluding hydrogens is 264 g/mol. The third-order valence-electron chi connectivity index (χ3n) is 2.89. The second-order valence-corrected chi connectivity index (χ2v) is 6.52. The highest BCUT2D eigenvalue weighted by atomic mass is 32.2. The van der Waals surface area contributed by atoms with E-state index in [0.717, 1.165) is 12.1 Å². The molecule has 2 atom stereocenters. The number of hydrogen-bond acceptors (Lipinski definition) is 4. The summed E-state index contributed by atoms with van der Waals surface area (Å²) in [6, 6.07) is 2.56. The molecule has 1 aromatic carbocycles. The van der Waals surface area contributed by atoms with Crippen molar-refractivity contribution in [3.05, 3.63) is 35.4 Å². The van der Waals surface area contributed by atoms with Gasteiger partial charge in [0, 0.05) is 24.2 Å². The molecule has 1 aliphatic heterocycles. The fraction of sp³-hybridized carbons (Fsp3) is 0.455. The van der Waals surface area contributed by atoms with Crippen molar-refractivity contribution in [2.24, 2.45) is 0 Å². The average Bonchev–Trinajstić information content (AvgIpc) is 2.50. The standard InChI is InChI=1S/C11H13F2NO3S/c12-8-2-1-7(9(13)3-8)4-14-10-5-18(16,17)6-11(10)15/h1-3,10-11,14-15H,4-6H2. The second-order valence-electron chi connectivity index (χ2n) is 4.37. The lowest BCUT2D eigenvalue weighted by molar-refractivity contribution is 0.165. The van der Waals surface area contributed by atoms with E-state index >= 15 is 0 Å². The van der Waals surface area contributed by atoms with Crippen LogP contribution < -0.4 is 5.32 Å². The molecule has 1 fully saturated rings. The summed E-state index contributed by atoms with van der Waals surface area (Å²) in [4.78, 5) is 0. The minimum absolute atomic E-state index is 0.0450. The maximum atomic E-state index is 13.3. The first-order valence-corrected chi connectivity index (χ1v) is 7.25. The number of sulfone groups is 1. The van der Waals surface area contributed by atoms with Crippen LogP contribution in [-0.2, 0) is 16.4 Å². The minimum atomic E-state index is -3.23. The van der Waals surface area contributed by atoms with Gasteiger partial charge in [-0.05, 0) is 6.07 Å². The third-order valence-corrected chi connectivity index (χ3v) is 4.61. The molecule has 1 aromatic rings. The Morgan fingerprint density at radius 3 is 2.61 bits per heavy atom. The quantitative estimate of drug-likeness (QED) is 0.829. The molecule has 4 nitrogen and oxygen atoms in total. The predicted octanol–water partition coefficient (Wildman–Crippen LogP) is 0.212.